The molecule has 1 spiro atoms. The lowest BCUT2D eigenvalue weighted by atomic mass is 9.66. The van der Waals surface area contributed by atoms with Crippen LogP contribution in [-0.4, -0.2) is 5.11 Å². The lowest BCUT2D eigenvalue weighted by molar-refractivity contribution is -0.0375. The molecular formula is C16H20Cl2O. The Kier molecular flexibility index (Phi) is 3.57. The molecule has 0 saturated heterocycles. The van der Waals surface area contributed by atoms with Crippen LogP contribution in [0.25, 0.3) is 0 Å². The van der Waals surface area contributed by atoms with Gasteiger partial charge in [-0.05, 0) is 50.0 Å². The van der Waals surface area contributed by atoms with E-state index < -0.39 is 5.60 Å². The van der Waals surface area contributed by atoms with Crippen LogP contribution < -0.4 is 0 Å². The van der Waals surface area contributed by atoms with Gasteiger partial charge in [0.1, 0.15) is 0 Å². The number of halogens is 2. The van der Waals surface area contributed by atoms with Crippen molar-refractivity contribution in [2.75, 3.05) is 0 Å². The molecule has 19 heavy (non-hydrogen) atoms. The van der Waals surface area contributed by atoms with Gasteiger partial charge in [-0.3, -0.25) is 0 Å². The molecule has 0 unspecified atom stereocenters. The standard InChI is InChI=1S/C16H20Cl2O/c17-13-5-3-4-12(14(13)18)16(19)10-8-15(9-11-16)6-1-2-7-15/h3-5,19H,1-2,6-11H2. The van der Waals surface area contributed by atoms with E-state index in [1.165, 1.54) is 25.7 Å². The zero-order chi connectivity index (χ0) is 13.5. The van der Waals surface area contributed by atoms with Crippen molar-refractivity contribution in [3.63, 3.8) is 0 Å². The van der Waals surface area contributed by atoms with Crippen LogP contribution in [0.5, 0.6) is 0 Å². The normalized spacial score (nSPS) is 24.8. The van der Waals surface area contributed by atoms with Gasteiger partial charge in [-0.15, -0.1) is 0 Å². The third-order valence-corrected chi connectivity index (χ3v) is 6.07. The Hall–Kier alpha value is -0.240. The molecule has 1 aromatic rings. The lowest BCUT2D eigenvalue weighted by Crippen LogP contribution is -2.36. The molecular weight excluding hydrogens is 279 g/mol. The lowest BCUT2D eigenvalue weighted by Gasteiger charge is -2.42. The van der Waals surface area contributed by atoms with Crippen molar-refractivity contribution >= 4 is 23.2 Å². The molecule has 104 valence electrons. The number of rotatable bonds is 1. The molecule has 3 rings (SSSR count). The quantitative estimate of drug-likeness (QED) is 0.744. The number of hydrogen-bond acceptors (Lipinski definition) is 1. The monoisotopic (exact) mass is 298 g/mol. The average Bonchev–Trinajstić information content (AvgIpc) is 2.86. The summed E-state index contributed by atoms with van der Waals surface area (Å²) in [7, 11) is 0. The molecule has 0 atom stereocenters. The zero-order valence-corrected chi connectivity index (χ0v) is 12.6. The first-order valence-corrected chi connectivity index (χ1v) is 7.97. The topological polar surface area (TPSA) is 20.2 Å². The van der Waals surface area contributed by atoms with Crippen LogP contribution >= 0.6 is 23.2 Å². The Labute approximate surface area is 124 Å². The summed E-state index contributed by atoms with van der Waals surface area (Å²) in [5.41, 5.74) is 0.544. The van der Waals surface area contributed by atoms with Crippen LogP contribution in [0.3, 0.4) is 0 Å². The first kappa shape index (κ1) is 13.7. The summed E-state index contributed by atoms with van der Waals surface area (Å²) in [6.45, 7) is 0. The maximum Gasteiger partial charge on any atom is 0.0911 e. The molecule has 0 bridgehead atoms. The van der Waals surface area contributed by atoms with E-state index in [1.54, 1.807) is 6.07 Å². The molecule has 2 saturated carbocycles. The van der Waals surface area contributed by atoms with Crippen molar-refractivity contribution in [2.45, 2.75) is 57.0 Å². The van der Waals surface area contributed by atoms with Gasteiger partial charge in [0, 0.05) is 5.56 Å². The number of aliphatic hydroxyl groups is 1. The molecule has 3 heteroatoms. The molecule has 1 nitrogen and oxygen atoms in total. The fourth-order valence-corrected chi connectivity index (χ4v) is 4.43. The Morgan fingerprint density at radius 2 is 1.53 bits per heavy atom. The highest BCUT2D eigenvalue weighted by molar-refractivity contribution is 6.42. The van der Waals surface area contributed by atoms with E-state index in [-0.39, 0.29) is 0 Å². The van der Waals surface area contributed by atoms with Gasteiger partial charge in [-0.25, -0.2) is 0 Å². The van der Waals surface area contributed by atoms with E-state index in [0.29, 0.717) is 15.5 Å². The summed E-state index contributed by atoms with van der Waals surface area (Å²) in [6.07, 6.45) is 9.25. The third-order valence-electron chi connectivity index (χ3n) is 5.25. The van der Waals surface area contributed by atoms with Crippen molar-refractivity contribution in [1.82, 2.24) is 0 Å². The van der Waals surface area contributed by atoms with Crippen LogP contribution in [0.15, 0.2) is 18.2 Å². The van der Waals surface area contributed by atoms with Crippen molar-refractivity contribution < 1.29 is 5.11 Å². The average molecular weight is 299 g/mol. The summed E-state index contributed by atoms with van der Waals surface area (Å²) in [6, 6.07) is 5.57. The molecule has 0 aromatic heterocycles. The molecule has 2 fully saturated rings. The summed E-state index contributed by atoms with van der Waals surface area (Å²) >= 11 is 12.3. The molecule has 0 heterocycles. The van der Waals surface area contributed by atoms with Gasteiger partial charge < -0.3 is 5.11 Å². The summed E-state index contributed by atoms with van der Waals surface area (Å²) < 4.78 is 0. The van der Waals surface area contributed by atoms with Gasteiger partial charge in [-0.1, -0.05) is 48.2 Å². The molecule has 2 aliphatic carbocycles. The minimum atomic E-state index is -0.782. The van der Waals surface area contributed by atoms with Gasteiger partial charge in [-0.2, -0.15) is 0 Å². The van der Waals surface area contributed by atoms with Crippen molar-refractivity contribution in [3.8, 4) is 0 Å². The second-order valence-electron chi connectivity index (χ2n) is 6.34. The highest BCUT2D eigenvalue weighted by atomic mass is 35.5. The van der Waals surface area contributed by atoms with Crippen LogP contribution in [0.4, 0.5) is 0 Å². The predicted octanol–water partition coefficient (Wildman–Crippen LogP) is 5.32. The molecule has 1 N–H and O–H groups in total. The van der Waals surface area contributed by atoms with Crippen LogP contribution in [0.1, 0.15) is 56.9 Å². The second-order valence-corrected chi connectivity index (χ2v) is 7.13. The van der Waals surface area contributed by atoms with E-state index >= 15 is 0 Å². The number of hydrogen-bond donors (Lipinski definition) is 1. The summed E-state index contributed by atoms with van der Waals surface area (Å²) in [5.74, 6) is 0. The smallest absolute Gasteiger partial charge is 0.0911 e. The van der Waals surface area contributed by atoms with Gasteiger partial charge in [0.25, 0.3) is 0 Å². The predicted molar refractivity (Wildman–Crippen MR) is 79.7 cm³/mol. The molecule has 2 aliphatic rings. The number of benzene rings is 1. The zero-order valence-electron chi connectivity index (χ0n) is 11.1. The summed E-state index contributed by atoms with van der Waals surface area (Å²) in [5, 5.41) is 12.0. The van der Waals surface area contributed by atoms with E-state index in [4.69, 9.17) is 23.2 Å². The fraction of sp³-hybridized carbons (Fsp3) is 0.625. The SMILES string of the molecule is OC1(c2cccc(Cl)c2Cl)CCC2(CCCC2)CC1. The molecule has 0 radical (unpaired) electrons. The van der Waals surface area contributed by atoms with Crippen LogP contribution in [0.2, 0.25) is 10.0 Å². The van der Waals surface area contributed by atoms with E-state index in [1.807, 2.05) is 12.1 Å². The van der Waals surface area contributed by atoms with Crippen molar-refractivity contribution in [1.29, 1.82) is 0 Å². The largest absolute Gasteiger partial charge is 0.385 e. The Morgan fingerprint density at radius 1 is 0.895 bits per heavy atom. The molecule has 0 aliphatic heterocycles. The highest BCUT2D eigenvalue weighted by Gasteiger charge is 2.44. The minimum Gasteiger partial charge on any atom is -0.385 e. The van der Waals surface area contributed by atoms with Crippen molar-refractivity contribution in [3.05, 3.63) is 33.8 Å². The van der Waals surface area contributed by atoms with Crippen LogP contribution in [-0.2, 0) is 5.60 Å². The maximum atomic E-state index is 10.9. The highest BCUT2D eigenvalue weighted by Crippen LogP contribution is 2.54. The van der Waals surface area contributed by atoms with Gasteiger partial charge in [0.05, 0.1) is 15.6 Å². The van der Waals surface area contributed by atoms with Gasteiger partial charge in [0.2, 0.25) is 0 Å². The Bertz CT molecular complexity index is 468. The molecule has 1 aromatic carbocycles. The minimum absolute atomic E-state index is 0.511. The van der Waals surface area contributed by atoms with E-state index in [9.17, 15) is 5.11 Å². The maximum absolute atomic E-state index is 10.9. The first-order chi connectivity index (χ1) is 9.05. The van der Waals surface area contributed by atoms with Gasteiger partial charge >= 0.3 is 0 Å². The molecule has 0 amide bonds. The Morgan fingerprint density at radius 3 is 2.16 bits per heavy atom. The second kappa shape index (κ2) is 4.95. The van der Waals surface area contributed by atoms with Crippen molar-refractivity contribution in [2.24, 2.45) is 5.41 Å². The van der Waals surface area contributed by atoms with E-state index in [2.05, 4.69) is 0 Å². The Balaban J connectivity index is 1.83. The first-order valence-electron chi connectivity index (χ1n) is 7.22. The van der Waals surface area contributed by atoms with Crippen LogP contribution in [0, 0.1) is 5.41 Å². The fourth-order valence-electron chi connectivity index (χ4n) is 3.95. The third kappa shape index (κ3) is 2.41. The van der Waals surface area contributed by atoms with Gasteiger partial charge in [0.15, 0.2) is 0 Å². The van der Waals surface area contributed by atoms with E-state index in [0.717, 1.165) is 31.2 Å². The summed E-state index contributed by atoms with van der Waals surface area (Å²) in [4.78, 5) is 0.